The first-order valence-corrected chi connectivity index (χ1v) is 15.9. The Kier molecular flexibility index (Phi) is 7.37. The Morgan fingerprint density at radius 3 is 0.913 bits per heavy atom. The summed E-state index contributed by atoms with van der Waals surface area (Å²) in [6.45, 7) is 16.1. The summed E-state index contributed by atoms with van der Waals surface area (Å²) in [6.07, 6.45) is 9.73. The summed E-state index contributed by atoms with van der Waals surface area (Å²) in [6, 6.07) is 13.1. The molecule has 12 nitrogen and oxygen atoms in total. The van der Waals surface area contributed by atoms with Gasteiger partial charge < -0.3 is 0 Å². The molecular formula is C34H40N12. The van der Waals surface area contributed by atoms with E-state index in [0.717, 1.165) is 57.9 Å². The highest BCUT2D eigenvalue weighted by Crippen LogP contribution is 2.33. The molecule has 0 amide bonds. The van der Waals surface area contributed by atoms with Gasteiger partial charge in [0.1, 0.15) is 22.8 Å². The molecule has 12 heteroatoms. The van der Waals surface area contributed by atoms with E-state index in [1.165, 1.54) is 11.1 Å². The summed E-state index contributed by atoms with van der Waals surface area (Å²) < 4.78 is 7.60. The smallest absolute Gasteiger partial charge is 0.113 e. The average molecular weight is 617 g/mol. The molecule has 0 atom stereocenters. The summed E-state index contributed by atoms with van der Waals surface area (Å²) in [7, 11) is 0. The fourth-order valence-electron chi connectivity index (χ4n) is 5.66. The summed E-state index contributed by atoms with van der Waals surface area (Å²) in [5, 5.41) is 36.0. The molecule has 4 aromatic heterocycles. The molecule has 12 bridgehead atoms. The van der Waals surface area contributed by atoms with Crippen LogP contribution in [-0.2, 0) is 37.0 Å². The van der Waals surface area contributed by atoms with Crippen LogP contribution >= 0.6 is 0 Å². The Labute approximate surface area is 268 Å². The first kappa shape index (κ1) is 29.7. The number of benzene rings is 2. The minimum Gasteiger partial charge on any atom is -0.252 e. The predicted molar refractivity (Wildman–Crippen MR) is 176 cm³/mol. The van der Waals surface area contributed by atoms with Gasteiger partial charge >= 0.3 is 0 Å². The van der Waals surface area contributed by atoms with Crippen LogP contribution in [0.5, 0.6) is 0 Å². The van der Waals surface area contributed by atoms with Crippen molar-refractivity contribution in [1.82, 2.24) is 60.0 Å². The van der Waals surface area contributed by atoms with Gasteiger partial charge in [-0.05, 0) is 71.2 Å². The largest absolute Gasteiger partial charge is 0.252 e. The van der Waals surface area contributed by atoms with E-state index < -0.39 is 0 Å². The van der Waals surface area contributed by atoms with Gasteiger partial charge in [0.15, 0.2) is 0 Å². The van der Waals surface area contributed by atoms with E-state index in [2.05, 4.69) is 119 Å². The van der Waals surface area contributed by atoms with Crippen molar-refractivity contribution in [3.63, 3.8) is 0 Å². The minimum absolute atomic E-state index is 0.0542. The van der Waals surface area contributed by atoms with Gasteiger partial charge in [0, 0.05) is 48.4 Å². The molecule has 2 aromatic carbocycles. The lowest BCUT2D eigenvalue weighted by atomic mass is 9.84. The standard InChI is InChI=1S/C34H40N12/c1-33(2,3)27-15-23-13-24(16-27)30-20-44(40-36-30)10-8-12-46-22-32(38-42-46)26-14-25(17-28(18-26)34(4,5)6)31-21-45(41-37-31)11-7-9-43-19-29(23)35-39-43/h13-22H,7-12H2,1-6H3. The van der Waals surface area contributed by atoms with Crippen molar-refractivity contribution >= 4 is 0 Å². The third-order valence-electron chi connectivity index (χ3n) is 8.48. The predicted octanol–water partition coefficient (Wildman–Crippen LogP) is 5.81. The molecule has 46 heavy (non-hydrogen) atoms. The lowest BCUT2D eigenvalue weighted by molar-refractivity contribution is 0.484. The van der Waals surface area contributed by atoms with Crippen molar-refractivity contribution in [2.75, 3.05) is 0 Å². The Morgan fingerprint density at radius 2 is 0.674 bits per heavy atom. The number of nitrogens with zero attached hydrogens (tertiary/aromatic N) is 12. The maximum Gasteiger partial charge on any atom is 0.113 e. The molecule has 0 fully saturated rings. The minimum atomic E-state index is -0.0542. The van der Waals surface area contributed by atoms with Crippen LogP contribution in [0.1, 0.15) is 65.5 Å². The summed E-state index contributed by atoms with van der Waals surface area (Å²) in [5.41, 5.74) is 9.67. The van der Waals surface area contributed by atoms with Crippen LogP contribution in [0.4, 0.5) is 0 Å². The van der Waals surface area contributed by atoms with Gasteiger partial charge in [0.2, 0.25) is 0 Å². The molecule has 0 unspecified atom stereocenters. The quantitative estimate of drug-likeness (QED) is 0.210. The fourth-order valence-corrected chi connectivity index (χ4v) is 5.66. The number of aryl methyl sites for hydroxylation is 4. The second-order valence-corrected chi connectivity index (χ2v) is 14.3. The molecule has 236 valence electrons. The number of hydrogen-bond acceptors (Lipinski definition) is 8. The van der Waals surface area contributed by atoms with E-state index in [0.29, 0.717) is 26.2 Å². The molecule has 0 saturated carbocycles. The number of aromatic nitrogens is 12. The Hall–Kier alpha value is -5.00. The van der Waals surface area contributed by atoms with Crippen molar-refractivity contribution < 1.29 is 0 Å². The maximum atomic E-state index is 4.54. The molecule has 0 aliphatic carbocycles. The van der Waals surface area contributed by atoms with Crippen molar-refractivity contribution in [2.24, 2.45) is 0 Å². The van der Waals surface area contributed by atoms with Gasteiger partial charge in [-0.15, -0.1) is 20.4 Å². The molecule has 6 aromatic rings. The zero-order chi connectivity index (χ0) is 32.1. The topological polar surface area (TPSA) is 123 Å². The van der Waals surface area contributed by atoms with Gasteiger partial charge in [0.25, 0.3) is 0 Å². The zero-order valence-corrected chi connectivity index (χ0v) is 27.4. The number of rotatable bonds is 0. The van der Waals surface area contributed by atoms with E-state index in [1.54, 1.807) is 0 Å². The van der Waals surface area contributed by atoms with E-state index in [1.807, 2.05) is 43.5 Å². The second kappa shape index (κ2) is 11.4. The first-order valence-electron chi connectivity index (χ1n) is 15.9. The molecule has 0 spiro atoms. The van der Waals surface area contributed by atoms with Crippen LogP contribution in [0, 0.1) is 0 Å². The van der Waals surface area contributed by atoms with Crippen LogP contribution in [0.15, 0.2) is 61.2 Å². The van der Waals surface area contributed by atoms with E-state index in [-0.39, 0.29) is 10.8 Å². The van der Waals surface area contributed by atoms with Gasteiger partial charge in [-0.1, -0.05) is 62.4 Å². The SMILES string of the molecule is CC(C)(C)c1cc2cc(c1)-c1cn(nn1)CCCn1cc(nn1)-c1cc(cc(C(C)(C)C)c1)-c1cn(nn1)CCCn1cc-2nn1. The molecule has 1 aliphatic rings. The third kappa shape index (κ3) is 6.24. The molecule has 0 N–H and O–H groups in total. The molecule has 0 saturated heterocycles. The molecule has 7 rings (SSSR count). The average Bonchev–Trinajstić information content (AvgIpc) is 3.83. The monoisotopic (exact) mass is 616 g/mol. The highest BCUT2D eigenvalue weighted by Gasteiger charge is 2.20. The summed E-state index contributed by atoms with van der Waals surface area (Å²) >= 11 is 0. The number of fused-ring (bicyclic) bond motifs is 16. The molecule has 0 radical (unpaired) electrons. The zero-order valence-electron chi connectivity index (χ0n) is 27.4. The number of hydrogen-bond donors (Lipinski definition) is 0. The third-order valence-corrected chi connectivity index (χ3v) is 8.48. The van der Waals surface area contributed by atoms with E-state index in [9.17, 15) is 0 Å². The van der Waals surface area contributed by atoms with Gasteiger partial charge in [0.05, 0.1) is 24.8 Å². The Bertz CT molecular complexity index is 1730. The first-order chi connectivity index (χ1) is 22.0. The second-order valence-electron chi connectivity index (χ2n) is 14.3. The van der Waals surface area contributed by atoms with E-state index in [4.69, 9.17) is 0 Å². The lowest BCUT2D eigenvalue weighted by Gasteiger charge is -2.20. The maximum absolute atomic E-state index is 4.54. The fraction of sp³-hybridized carbons (Fsp3) is 0.412. The summed E-state index contributed by atoms with van der Waals surface area (Å²) in [4.78, 5) is 0. The molecule has 1 aliphatic heterocycles. The van der Waals surface area contributed by atoms with Crippen molar-refractivity contribution in [3.05, 3.63) is 72.3 Å². The van der Waals surface area contributed by atoms with Crippen molar-refractivity contribution in [2.45, 2.75) is 91.4 Å². The highest BCUT2D eigenvalue weighted by molar-refractivity contribution is 5.71. The van der Waals surface area contributed by atoms with Gasteiger partial charge in [-0.25, -0.2) is 0 Å². The van der Waals surface area contributed by atoms with E-state index >= 15 is 0 Å². The van der Waals surface area contributed by atoms with Crippen LogP contribution in [0.25, 0.3) is 45.0 Å². The lowest BCUT2D eigenvalue weighted by Crippen LogP contribution is -2.11. The summed E-state index contributed by atoms with van der Waals surface area (Å²) in [5.74, 6) is 0. The van der Waals surface area contributed by atoms with Gasteiger partial charge in [-0.2, -0.15) is 0 Å². The van der Waals surface area contributed by atoms with Crippen LogP contribution in [0.3, 0.4) is 0 Å². The van der Waals surface area contributed by atoms with Crippen LogP contribution in [0.2, 0.25) is 0 Å². The molecule has 5 heterocycles. The Morgan fingerprint density at radius 1 is 0.413 bits per heavy atom. The van der Waals surface area contributed by atoms with Gasteiger partial charge in [-0.3, -0.25) is 18.7 Å². The normalized spacial score (nSPS) is 14.2. The molecular weight excluding hydrogens is 576 g/mol. The Balaban J connectivity index is 1.25. The highest BCUT2D eigenvalue weighted by atomic mass is 15.4. The van der Waals surface area contributed by atoms with Crippen LogP contribution < -0.4 is 0 Å². The van der Waals surface area contributed by atoms with Crippen molar-refractivity contribution in [3.8, 4) is 45.0 Å². The van der Waals surface area contributed by atoms with Crippen LogP contribution in [-0.4, -0.2) is 60.0 Å². The van der Waals surface area contributed by atoms with Crippen molar-refractivity contribution in [1.29, 1.82) is 0 Å².